The van der Waals surface area contributed by atoms with Crippen LogP contribution in [0.3, 0.4) is 0 Å². The monoisotopic (exact) mass is 494 g/mol. The number of terminal acetylenes is 2. The number of benzene rings is 1. The second-order valence-electron chi connectivity index (χ2n) is 9.68. The molecule has 1 aromatic rings. The number of hydrogen-bond acceptors (Lipinski definition) is 5. The van der Waals surface area contributed by atoms with Gasteiger partial charge >= 0.3 is 6.09 Å². The van der Waals surface area contributed by atoms with Crippen LogP contribution in [-0.2, 0) is 19.1 Å². The first kappa shape index (κ1) is 28.3. The summed E-state index contributed by atoms with van der Waals surface area (Å²) in [4.78, 5) is 52.1. The summed E-state index contributed by atoms with van der Waals surface area (Å²) in [5, 5.41) is 5.34. The van der Waals surface area contributed by atoms with Gasteiger partial charge in [-0.25, -0.2) is 4.79 Å². The molecule has 1 aliphatic carbocycles. The summed E-state index contributed by atoms with van der Waals surface area (Å²) in [6.45, 7) is 4.94. The number of alkyl carbamates (subject to hydrolysis) is 1. The molecule has 4 N–H and O–H groups in total. The van der Waals surface area contributed by atoms with E-state index in [1.54, 1.807) is 45.0 Å². The minimum atomic E-state index is -1.46. The molecule has 0 bridgehead atoms. The minimum Gasteiger partial charge on any atom is -0.444 e. The Hall–Kier alpha value is -3.98. The standard InChI is InChI=1S/C27H34N4O5/c1-6-18-13-11-12-16-20(18)23(24(33)29-19-14-9-8-10-15-19)31(7-2)25(34)21(17-22(28)32)30-26(35)36-27(3,4)5/h1-2,11-13,16,19,21,23H,8-10,14-15,17H2,3-5H3,(H2,28,32)(H,29,33)(H,30,35). The predicted octanol–water partition coefficient (Wildman–Crippen LogP) is 2.35. The molecule has 0 aliphatic heterocycles. The van der Waals surface area contributed by atoms with Crippen molar-refractivity contribution in [3.8, 4) is 24.8 Å². The zero-order valence-electron chi connectivity index (χ0n) is 21.0. The van der Waals surface area contributed by atoms with Crippen LogP contribution in [0, 0.1) is 24.8 Å². The maximum Gasteiger partial charge on any atom is 0.408 e. The Morgan fingerprint density at radius 2 is 1.78 bits per heavy atom. The lowest BCUT2D eigenvalue weighted by Crippen LogP contribution is -2.53. The van der Waals surface area contributed by atoms with E-state index in [2.05, 4.69) is 22.6 Å². The van der Waals surface area contributed by atoms with Crippen LogP contribution in [0.15, 0.2) is 24.3 Å². The Balaban J connectivity index is 2.45. The van der Waals surface area contributed by atoms with Crippen molar-refractivity contribution >= 4 is 23.8 Å². The summed E-state index contributed by atoms with van der Waals surface area (Å²) >= 11 is 0. The fourth-order valence-corrected chi connectivity index (χ4v) is 4.08. The third-order valence-electron chi connectivity index (χ3n) is 5.64. The maximum atomic E-state index is 13.6. The molecular weight excluding hydrogens is 460 g/mol. The highest BCUT2D eigenvalue weighted by molar-refractivity contribution is 5.95. The van der Waals surface area contributed by atoms with E-state index in [0.29, 0.717) is 11.1 Å². The molecule has 1 aromatic carbocycles. The van der Waals surface area contributed by atoms with E-state index in [4.69, 9.17) is 23.3 Å². The molecule has 0 heterocycles. The smallest absolute Gasteiger partial charge is 0.408 e. The van der Waals surface area contributed by atoms with Crippen LogP contribution in [-0.4, -0.2) is 46.4 Å². The van der Waals surface area contributed by atoms with Crippen molar-refractivity contribution in [2.45, 2.75) is 83.0 Å². The third-order valence-corrected chi connectivity index (χ3v) is 5.64. The van der Waals surface area contributed by atoms with Crippen LogP contribution in [0.4, 0.5) is 4.79 Å². The molecule has 36 heavy (non-hydrogen) atoms. The van der Waals surface area contributed by atoms with Gasteiger partial charge in [0.15, 0.2) is 0 Å². The lowest BCUT2D eigenvalue weighted by Gasteiger charge is -2.32. The van der Waals surface area contributed by atoms with E-state index in [0.717, 1.165) is 37.0 Å². The molecule has 0 radical (unpaired) electrons. The minimum absolute atomic E-state index is 0.0669. The highest BCUT2D eigenvalue weighted by atomic mass is 16.6. The van der Waals surface area contributed by atoms with Gasteiger partial charge < -0.3 is 21.1 Å². The molecule has 9 nitrogen and oxygen atoms in total. The quantitative estimate of drug-likeness (QED) is 0.377. The van der Waals surface area contributed by atoms with Gasteiger partial charge in [-0.2, -0.15) is 0 Å². The Bertz CT molecular complexity index is 1060. The van der Waals surface area contributed by atoms with Gasteiger partial charge in [-0.3, -0.25) is 19.3 Å². The van der Waals surface area contributed by atoms with Crippen LogP contribution in [0.25, 0.3) is 0 Å². The van der Waals surface area contributed by atoms with Crippen LogP contribution in [0.5, 0.6) is 0 Å². The average molecular weight is 495 g/mol. The SMILES string of the molecule is C#Cc1ccccc1C(C(=O)NC1CCCCC1)N(C#C)C(=O)C(CC(N)=O)NC(=O)OC(C)(C)C. The van der Waals surface area contributed by atoms with E-state index in [-0.39, 0.29) is 6.04 Å². The number of nitrogens with zero attached hydrogens (tertiary/aromatic N) is 1. The van der Waals surface area contributed by atoms with Crippen molar-refractivity contribution in [1.29, 1.82) is 0 Å². The summed E-state index contributed by atoms with van der Waals surface area (Å²) < 4.78 is 5.21. The van der Waals surface area contributed by atoms with Gasteiger partial charge in [0.1, 0.15) is 17.7 Å². The molecule has 0 aromatic heterocycles. The number of rotatable bonds is 8. The van der Waals surface area contributed by atoms with Gasteiger partial charge in [0, 0.05) is 23.2 Å². The van der Waals surface area contributed by atoms with E-state index in [1.165, 1.54) is 0 Å². The fraction of sp³-hybridized carbons (Fsp3) is 0.481. The maximum absolute atomic E-state index is 13.6. The summed E-state index contributed by atoms with van der Waals surface area (Å²) in [5.41, 5.74) is 5.19. The zero-order valence-corrected chi connectivity index (χ0v) is 21.0. The number of carbonyl (C=O) groups excluding carboxylic acids is 4. The lowest BCUT2D eigenvalue weighted by molar-refractivity contribution is -0.139. The summed E-state index contributed by atoms with van der Waals surface area (Å²) in [7, 11) is 0. The molecule has 192 valence electrons. The normalized spacial score (nSPS) is 15.4. The van der Waals surface area contributed by atoms with Gasteiger partial charge in [-0.1, -0.05) is 49.8 Å². The molecule has 2 rings (SSSR count). The van der Waals surface area contributed by atoms with E-state index >= 15 is 0 Å². The topological polar surface area (TPSA) is 131 Å². The molecule has 1 aliphatic rings. The molecule has 2 unspecified atom stereocenters. The molecular formula is C27H34N4O5. The lowest BCUT2D eigenvalue weighted by atomic mass is 9.93. The first-order valence-electron chi connectivity index (χ1n) is 11.9. The Morgan fingerprint density at radius 3 is 2.33 bits per heavy atom. The van der Waals surface area contributed by atoms with Gasteiger partial charge in [-0.15, -0.1) is 6.42 Å². The summed E-state index contributed by atoms with van der Waals surface area (Å²) in [6.07, 6.45) is 14.6. The van der Waals surface area contributed by atoms with Crippen LogP contribution >= 0.6 is 0 Å². The number of carbonyl (C=O) groups is 4. The number of hydrogen-bond donors (Lipinski definition) is 3. The third kappa shape index (κ3) is 8.06. The average Bonchev–Trinajstić information content (AvgIpc) is 2.80. The molecule has 4 amide bonds. The highest BCUT2D eigenvalue weighted by Gasteiger charge is 2.38. The predicted molar refractivity (Wildman–Crippen MR) is 135 cm³/mol. The number of primary amides is 1. The second-order valence-corrected chi connectivity index (χ2v) is 9.68. The fourth-order valence-electron chi connectivity index (χ4n) is 4.08. The van der Waals surface area contributed by atoms with Crippen molar-refractivity contribution in [3.05, 3.63) is 35.4 Å². The second kappa shape index (κ2) is 12.6. The molecule has 0 spiro atoms. The van der Waals surface area contributed by atoms with E-state index in [1.807, 2.05) is 0 Å². The first-order valence-corrected chi connectivity index (χ1v) is 11.9. The largest absolute Gasteiger partial charge is 0.444 e. The van der Waals surface area contributed by atoms with E-state index in [9.17, 15) is 19.2 Å². The van der Waals surface area contributed by atoms with Crippen molar-refractivity contribution < 1.29 is 23.9 Å². The van der Waals surface area contributed by atoms with Crippen molar-refractivity contribution in [2.75, 3.05) is 0 Å². The molecule has 0 saturated heterocycles. The zero-order chi connectivity index (χ0) is 26.9. The Labute approximate surface area is 212 Å². The Kier molecular flexibility index (Phi) is 9.93. The molecule has 1 saturated carbocycles. The van der Waals surface area contributed by atoms with Crippen molar-refractivity contribution in [3.63, 3.8) is 0 Å². The molecule has 9 heteroatoms. The molecule has 2 atom stereocenters. The van der Waals surface area contributed by atoms with E-state index < -0.39 is 47.9 Å². The number of amides is 4. The Morgan fingerprint density at radius 1 is 1.14 bits per heavy atom. The van der Waals surface area contributed by atoms with Gasteiger partial charge in [0.25, 0.3) is 5.91 Å². The van der Waals surface area contributed by atoms with Gasteiger partial charge in [-0.05, 0) is 39.7 Å². The van der Waals surface area contributed by atoms with Gasteiger partial charge in [0.2, 0.25) is 11.8 Å². The van der Waals surface area contributed by atoms with Crippen molar-refractivity contribution in [1.82, 2.24) is 15.5 Å². The first-order chi connectivity index (χ1) is 17.0. The number of nitrogens with two attached hydrogens (primary N) is 1. The number of nitrogens with one attached hydrogen (secondary N) is 2. The van der Waals surface area contributed by atoms with Crippen LogP contribution in [0.1, 0.15) is 76.5 Å². The highest BCUT2D eigenvalue weighted by Crippen LogP contribution is 2.27. The summed E-state index contributed by atoms with van der Waals surface area (Å²) in [6, 6.07) is 6.06. The number of ether oxygens (including phenoxy) is 1. The summed E-state index contributed by atoms with van der Waals surface area (Å²) in [5.74, 6) is 0.283. The van der Waals surface area contributed by atoms with Crippen molar-refractivity contribution in [2.24, 2.45) is 5.73 Å². The van der Waals surface area contributed by atoms with Crippen LogP contribution in [0.2, 0.25) is 0 Å². The van der Waals surface area contributed by atoms with Crippen LogP contribution < -0.4 is 16.4 Å². The molecule has 1 fully saturated rings. The van der Waals surface area contributed by atoms with Gasteiger partial charge in [0.05, 0.1) is 6.42 Å².